The van der Waals surface area contributed by atoms with Crippen molar-refractivity contribution >= 4 is 29.5 Å². The topological polar surface area (TPSA) is 87.1 Å². The van der Waals surface area contributed by atoms with Crippen molar-refractivity contribution in [3.05, 3.63) is 25.3 Å². The monoisotopic (exact) mass is 506 g/mol. The Morgan fingerprint density at radius 1 is 1.34 bits per heavy atom. The molecule has 8 heteroatoms. The lowest BCUT2D eigenvalue weighted by atomic mass is 9.66. The number of ether oxygens (including phenoxy) is 1. The Morgan fingerprint density at radius 2 is 2.06 bits per heavy atom. The Bertz CT molecular complexity index is 832. The van der Waals surface area contributed by atoms with Gasteiger partial charge in [-0.15, -0.1) is 24.9 Å². The molecule has 3 aliphatic rings. The van der Waals surface area contributed by atoms with Gasteiger partial charge in [0.1, 0.15) is 6.04 Å². The van der Waals surface area contributed by atoms with E-state index in [1.165, 1.54) is 0 Å². The van der Waals surface area contributed by atoms with Gasteiger partial charge in [-0.05, 0) is 31.1 Å². The fourth-order valence-corrected chi connectivity index (χ4v) is 8.68. The summed E-state index contributed by atoms with van der Waals surface area (Å²) < 4.78 is 4.85. The lowest BCUT2D eigenvalue weighted by Gasteiger charge is -2.42. The second-order valence-electron chi connectivity index (χ2n) is 10.5. The Hall–Kier alpha value is -1.80. The largest absolute Gasteiger partial charge is 0.465 e. The highest BCUT2D eigenvalue weighted by Gasteiger charge is 2.77. The second-order valence-corrected chi connectivity index (χ2v) is 12.0. The molecule has 0 aromatic rings. The van der Waals surface area contributed by atoms with E-state index in [9.17, 15) is 19.5 Å². The first kappa shape index (κ1) is 27.8. The van der Waals surface area contributed by atoms with Crippen LogP contribution in [0, 0.1) is 23.7 Å². The molecule has 3 rings (SSSR count). The number of hydrogen-bond acceptors (Lipinski definition) is 6. The van der Waals surface area contributed by atoms with E-state index < -0.39 is 28.7 Å². The maximum Gasteiger partial charge on any atom is 0.310 e. The average Bonchev–Trinajstić information content (AvgIpc) is 3.41. The Labute approximate surface area is 214 Å². The highest BCUT2D eigenvalue weighted by atomic mass is 32.2. The molecule has 0 radical (unpaired) electrons. The van der Waals surface area contributed by atoms with Crippen molar-refractivity contribution in [1.82, 2.24) is 9.80 Å². The van der Waals surface area contributed by atoms with E-state index in [1.807, 2.05) is 13.8 Å². The van der Waals surface area contributed by atoms with Crippen LogP contribution in [-0.2, 0) is 19.1 Å². The molecule has 3 aliphatic heterocycles. The van der Waals surface area contributed by atoms with Gasteiger partial charge in [-0.25, -0.2) is 0 Å². The van der Waals surface area contributed by atoms with Crippen molar-refractivity contribution in [2.45, 2.75) is 75.5 Å². The van der Waals surface area contributed by atoms with Crippen LogP contribution in [0.5, 0.6) is 0 Å². The number of unbranched alkanes of at least 4 members (excludes halogenated alkanes) is 1. The molecule has 0 aromatic heterocycles. The lowest BCUT2D eigenvalue weighted by Crippen LogP contribution is -2.60. The van der Waals surface area contributed by atoms with Crippen LogP contribution in [0.25, 0.3) is 0 Å². The molecule has 3 fully saturated rings. The zero-order chi connectivity index (χ0) is 25.9. The first-order chi connectivity index (χ1) is 16.7. The van der Waals surface area contributed by atoms with Crippen LogP contribution in [0.4, 0.5) is 0 Å². The van der Waals surface area contributed by atoms with Gasteiger partial charge in [0.15, 0.2) is 0 Å². The minimum Gasteiger partial charge on any atom is -0.465 e. The maximum absolute atomic E-state index is 14.3. The molecule has 7 nitrogen and oxygen atoms in total. The van der Waals surface area contributed by atoms with Gasteiger partial charge < -0.3 is 19.6 Å². The van der Waals surface area contributed by atoms with E-state index in [-0.39, 0.29) is 48.1 Å². The highest BCUT2D eigenvalue weighted by molar-refractivity contribution is 8.02. The number of fused-ring (bicyclic) bond motifs is 1. The number of nitrogens with zero attached hydrogens (tertiary/aromatic N) is 2. The van der Waals surface area contributed by atoms with Gasteiger partial charge in [-0.3, -0.25) is 14.4 Å². The van der Waals surface area contributed by atoms with Crippen molar-refractivity contribution in [1.29, 1.82) is 0 Å². The number of rotatable bonds is 13. The average molecular weight is 507 g/mol. The SMILES string of the molecule is C=CCCOC(=O)[C@@H]1[C@H]2C(=O)N([C@@H](CO)C(C)C)C(C(=O)N(CC=C)CCCC)C23S[C@@H]1CC3C. The molecule has 0 saturated carbocycles. The summed E-state index contributed by atoms with van der Waals surface area (Å²) in [7, 11) is 0. The standard InChI is InChI=1S/C27H42N2O5S/c1-7-10-13-28(12-9-3)25(32)23-27-18(6)15-20(35-27)21(26(33)34-14-11-8-2)22(27)24(31)29(23)19(16-30)17(4)5/h8-9,17-23,30H,2-3,7,10-16H2,1,4-6H3/t18?,19-,20+,21-,22-,23?,27?/m0/s1. The highest BCUT2D eigenvalue weighted by Crippen LogP contribution is 2.69. The summed E-state index contributed by atoms with van der Waals surface area (Å²) >= 11 is 1.64. The van der Waals surface area contributed by atoms with E-state index >= 15 is 0 Å². The molecule has 2 amide bonds. The predicted octanol–water partition coefficient (Wildman–Crippen LogP) is 3.27. The predicted molar refractivity (Wildman–Crippen MR) is 139 cm³/mol. The van der Waals surface area contributed by atoms with Crippen molar-refractivity contribution in [2.75, 3.05) is 26.3 Å². The molecular weight excluding hydrogens is 464 g/mol. The molecule has 3 saturated heterocycles. The molecule has 3 unspecified atom stereocenters. The summed E-state index contributed by atoms with van der Waals surface area (Å²) in [4.78, 5) is 45.1. The van der Waals surface area contributed by atoms with Gasteiger partial charge in [0, 0.05) is 18.3 Å². The van der Waals surface area contributed by atoms with Crippen LogP contribution in [0.2, 0.25) is 0 Å². The number of hydrogen-bond donors (Lipinski definition) is 1. The summed E-state index contributed by atoms with van der Waals surface area (Å²) in [6, 6.07) is -1.23. The van der Waals surface area contributed by atoms with Crippen LogP contribution < -0.4 is 0 Å². The summed E-state index contributed by atoms with van der Waals surface area (Å²) in [6.07, 6.45) is 6.53. The van der Waals surface area contributed by atoms with Crippen molar-refractivity contribution in [2.24, 2.45) is 23.7 Å². The normalized spacial score (nSPS) is 32.0. The fourth-order valence-electron chi connectivity index (χ4n) is 6.29. The van der Waals surface area contributed by atoms with Crippen LogP contribution in [0.15, 0.2) is 25.3 Å². The fraction of sp³-hybridized carbons (Fsp3) is 0.741. The molecule has 0 aromatic carbocycles. The number of likely N-dealkylation sites (tertiary alicyclic amines) is 1. The van der Waals surface area contributed by atoms with E-state index in [4.69, 9.17) is 4.74 Å². The minimum absolute atomic E-state index is 0.0477. The number of carbonyl (C=O) groups is 3. The molecule has 196 valence electrons. The van der Waals surface area contributed by atoms with E-state index in [1.54, 1.807) is 33.7 Å². The zero-order valence-corrected chi connectivity index (χ0v) is 22.5. The zero-order valence-electron chi connectivity index (χ0n) is 21.7. The third-order valence-corrected chi connectivity index (χ3v) is 10.1. The van der Waals surface area contributed by atoms with Gasteiger partial charge in [-0.2, -0.15) is 0 Å². The molecule has 3 heterocycles. The molecule has 0 aliphatic carbocycles. The molecule has 2 bridgehead atoms. The molecule has 7 atom stereocenters. The Morgan fingerprint density at radius 3 is 2.63 bits per heavy atom. The third-order valence-electron chi connectivity index (χ3n) is 8.01. The number of aliphatic hydroxyl groups is 1. The molecule has 1 spiro atoms. The Kier molecular flexibility index (Phi) is 9.13. The van der Waals surface area contributed by atoms with Gasteiger partial charge in [0.25, 0.3) is 0 Å². The Balaban J connectivity index is 2.08. The van der Waals surface area contributed by atoms with Gasteiger partial charge in [-0.1, -0.05) is 46.3 Å². The van der Waals surface area contributed by atoms with Gasteiger partial charge in [0.05, 0.1) is 35.8 Å². The van der Waals surface area contributed by atoms with Gasteiger partial charge >= 0.3 is 5.97 Å². The summed E-state index contributed by atoms with van der Waals surface area (Å²) in [5.41, 5.74) is 0. The number of amides is 2. The molecule has 1 N–H and O–H groups in total. The minimum atomic E-state index is -0.729. The van der Waals surface area contributed by atoms with E-state index in [0.29, 0.717) is 19.5 Å². The smallest absolute Gasteiger partial charge is 0.310 e. The van der Waals surface area contributed by atoms with Crippen molar-refractivity contribution in [3.8, 4) is 0 Å². The third kappa shape index (κ3) is 4.68. The number of carbonyl (C=O) groups excluding carboxylic acids is 3. The van der Waals surface area contributed by atoms with Crippen LogP contribution in [0.1, 0.15) is 53.4 Å². The quantitative estimate of drug-likeness (QED) is 0.234. The van der Waals surface area contributed by atoms with Crippen LogP contribution >= 0.6 is 11.8 Å². The summed E-state index contributed by atoms with van der Waals surface area (Å²) in [6.45, 7) is 16.6. The summed E-state index contributed by atoms with van der Waals surface area (Å²) in [5.74, 6) is -1.84. The van der Waals surface area contributed by atoms with Gasteiger partial charge in [0.2, 0.25) is 11.8 Å². The van der Waals surface area contributed by atoms with Crippen molar-refractivity contribution in [3.63, 3.8) is 0 Å². The second kappa shape index (κ2) is 11.5. The number of thioether (sulfide) groups is 1. The molecule has 35 heavy (non-hydrogen) atoms. The van der Waals surface area contributed by atoms with Crippen molar-refractivity contribution < 1.29 is 24.2 Å². The maximum atomic E-state index is 14.3. The summed E-state index contributed by atoms with van der Waals surface area (Å²) in [5, 5.41) is 10.3. The number of aliphatic hydroxyl groups excluding tert-OH is 1. The lowest BCUT2D eigenvalue weighted by molar-refractivity contribution is -0.155. The first-order valence-corrected chi connectivity index (χ1v) is 13.9. The van der Waals surface area contributed by atoms with Crippen LogP contribution in [-0.4, -0.2) is 81.1 Å². The van der Waals surface area contributed by atoms with E-state index in [2.05, 4.69) is 27.0 Å². The molecular formula is C27H42N2O5S. The van der Waals surface area contributed by atoms with Crippen LogP contribution in [0.3, 0.4) is 0 Å². The number of esters is 1. The van der Waals surface area contributed by atoms with E-state index in [0.717, 1.165) is 19.3 Å². The first-order valence-electron chi connectivity index (χ1n) is 13.0.